The molecule has 0 saturated carbocycles. The molecule has 10 heteroatoms. The van der Waals surface area contributed by atoms with Gasteiger partial charge in [-0.2, -0.15) is 5.10 Å². The summed E-state index contributed by atoms with van der Waals surface area (Å²) in [6, 6.07) is 16.2. The highest BCUT2D eigenvalue weighted by Crippen LogP contribution is 2.33. The van der Waals surface area contributed by atoms with Gasteiger partial charge in [0.2, 0.25) is 0 Å². The number of halogens is 2. The van der Waals surface area contributed by atoms with Crippen LogP contribution in [0.5, 0.6) is 11.5 Å². The van der Waals surface area contributed by atoms with E-state index in [4.69, 9.17) is 16.3 Å². The molecule has 2 aromatic carbocycles. The van der Waals surface area contributed by atoms with Crippen molar-refractivity contribution in [3.05, 3.63) is 106 Å². The molecule has 5 aromatic rings. The maximum Gasteiger partial charge on any atom is 0.284 e. The van der Waals surface area contributed by atoms with Crippen LogP contribution in [0.25, 0.3) is 11.2 Å². The van der Waals surface area contributed by atoms with Gasteiger partial charge in [-0.3, -0.25) is 14.3 Å². The van der Waals surface area contributed by atoms with Gasteiger partial charge in [0.1, 0.15) is 11.1 Å². The summed E-state index contributed by atoms with van der Waals surface area (Å²) in [5.74, 6) is -1.07. The topological polar surface area (TPSA) is 82.6 Å². The molecule has 0 aliphatic carbocycles. The number of hydrogen-bond acceptors (Lipinski definition) is 4. The Kier molecular flexibility index (Phi) is 5.62. The molecular formula is C25H19ClFN5O3. The number of hydrogen-bond donors (Lipinski definition) is 1. The lowest BCUT2D eigenvalue weighted by molar-refractivity contribution is 0.102. The van der Waals surface area contributed by atoms with Gasteiger partial charge >= 0.3 is 0 Å². The first kappa shape index (κ1) is 22.4. The molecule has 8 nitrogen and oxygen atoms in total. The number of nitrogens with one attached hydrogen (secondary N) is 1. The number of anilines is 1. The predicted octanol–water partition coefficient (Wildman–Crippen LogP) is 4.97. The molecule has 0 radical (unpaired) electrons. The maximum absolute atomic E-state index is 14.9. The molecule has 0 bridgehead atoms. The Morgan fingerprint density at radius 3 is 2.60 bits per heavy atom. The summed E-state index contributed by atoms with van der Waals surface area (Å²) in [6.45, 7) is 1.68. The van der Waals surface area contributed by atoms with Crippen LogP contribution in [0.4, 0.5) is 10.1 Å². The van der Waals surface area contributed by atoms with Crippen molar-refractivity contribution < 1.29 is 13.9 Å². The first-order valence-electron chi connectivity index (χ1n) is 10.6. The Labute approximate surface area is 203 Å². The van der Waals surface area contributed by atoms with Gasteiger partial charge in [0.15, 0.2) is 17.3 Å². The summed E-state index contributed by atoms with van der Waals surface area (Å²) in [6.07, 6.45) is 3.17. The van der Waals surface area contributed by atoms with Crippen LogP contribution >= 0.6 is 11.6 Å². The molecule has 0 aliphatic heterocycles. The van der Waals surface area contributed by atoms with Crippen LogP contribution in [0.1, 0.15) is 16.1 Å². The highest BCUT2D eigenvalue weighted by molar-refractivity contribution is 6.34. The Morgan fingerprint density at radius 2 is 1.86 bits per heavy atom. The monoisotopic (exact) mass is 491 g/mol. The summed E-state index contributed by atoms with van der Waals surface area (Å²) < 4.78 is 25.1. The fraction of sp³-hybridized carbons (Fsp3) is 0.0800. The summed E-state index contributed by atoms with van der Waals surface area (Å²) in [5.41, 5.74) is 1.28. The SMILES string of the molecule is Cc1c(C(=O)Nc2ccc(Oc3ccnn4ccc(Cl)c34)c(F)c2)c(=O)n(-c2ccccc2)n1C. The minimum absolute atomic E-state index is 0.0286. The number of ether oxygens (including phenoxy) is 1. The van der Waals surface area contributed by atoms with Gasteiger partial charge in [0, 0.05) is 31.1 Å². The number of amides is 1. The zero-order valence-electron chi connectivity index (χ0n) is 18.7. The molecule has 0 atom stereocenters. The van der Waals surface area contributed by atoms with E-state index < -0.39 is 17.3 Å². The van der Waals surface area contributed by atoms with Gasteiger partial charge in [-0.05, 0) is 37.3 Å². The second-order valence-corrected chi connectivity index (χ2v) is 8.20. The van der Waals surface area contributed by atoms with Gasteiger partial charge in [-0.25, -0.2) is 13.6 Å². The molecule has 0 unspecified atom stereocenters. The summed E-state index contributed by atoms with van der Waals surface area (Å²) in [4.78, 5) is 26.0. The predicted molar refractivity (Wildman–Crippen MR) is 130 cm³/mol. The Balaban J connectivity index is 1.41. The van der Waals surface area contributed by atoms with Gasteiger partial charge in [0.05, 0.1) is 22.6 Å². The minimum Gasteiger partial charge on any atom is -0.452 e. The van der Waals surface area contributed by atoms with Crippen molar-refractivity contribution in [1.82, 2.24) is 19.0 Å². The molecule has 0 spiro atoms. The van der Waals surface area contributed by atoms with Crippen LogP contribution in [0.2, 0.25) is 5.02 Å². The maximum atomic E-state index is 14.9. The lowest BCUT2D eigenvalue weighted by atomic mass is 10.2. The normalized spacial score (nSPS) is 11.1. The van der Waals surface area contributed by atoms with Gasteiger partial charge in [-0.15, -0.1) is 0 Å². The van der Waals surface area contributed by atoms with Crippen molar-refractivity contribution in [2.75, 3.05) is 5.32 Å². The van der Waals surface area contributed by atoms with Crippen molar-refractivity contribution in [3.63, 3.8) is 0 Å². The molecule has 176 valence electrons. The highest BCUT2D eigenvalue weighted by atomic mass is 35.5. The molecule has 0 aliphatic rings. The van der Waals surface area contributed by atoms with E-state index >= 15 is 0 Å². The highest BCUT2D eigenvalue weighted by Gasteiger charge is 2.22. The van der Waals surface area contributed by atoms with Crippen LogP contribution < -0.4 is 15.6 Å². The number of fused-ring (bicyclic) bond motifs is 1. The van der Waals surface area contributed by atoms with Gasteiger partial charge in [-0.1, -0.05) is 29.8 Å². The van der Waals surface area contributed by atoms with Crippen molar-refractivity contribution in [3.8, 4) is 17.2 Å². The van der Waals surface area contributed by atoms with Crippen molar-refractivity contribution in [2.45, 2.75) is 6.92 Å². The molecule has 1 amide bonds. The molecule has 1 N–H and O–H groups in total. The fourth-order valence-electron chi connectivity index (χ4n) is 3.86. The number of carbonyl (C=O) groups is 1. The summed E-state index contributed by atoms with van der Waals surface area (Å²) >= 11 is 6.19. The van der Waals surface area contributed by atoms with Gasteiger partial charge in [0.25, 0.3) is 11.5 Å². The summed E-state index contributed by atoms with van der Waals surface area (Å²) in [7, 11) is 1.69. The lowest BCUT2D eigenvalue weighted by Crippen LogP contribution is -2.25. The van der Waals surface area contributed by atoms with E-state index in [1.807, 2.05) is 6.07 Å². The van der Waals surface area contributed by atoms with Gasteiger partial charge < -0.3 is 10.1 Å². The number of carbonyl (C=O) groups excluding carboxylic acids is 1. The summed E-state index contributed by atoms with van der Waals surface area (Å²) in [5, 5.41) is 7.14. The number of nitrogens with zero attached hydrogens (tertiary/aromatic N) is 4. The molecule has 35 heavy (non-hydrogen) atoms. The first-order chi connectivity index (χ1) is 16.8. The van der Waals surface area contributed by atoms with Crippen LogP contribution in [0.3, 0.4) is 0 Å². The third-order valence-corrected chi connectivity index (χ3v) is 5.96. The van der Waals surface area contributed by atoms with Crippen molar-refractivity contribution in [1.29, 1.82) is 0 Å². The molecule has 3 heterocycles. The second kappa shape index (κ2) is 8.77. The zero-order valence-corrected chi connectivity index (χ0v) is 19.5. The van der Waals surface area contributed by atoms with E-state index in [0.717, 1.165) is 6.07 Å². The van der Waals surface area contributed by atoms with E-state index in [9.17, 15) is 14.0 Å². The Hall–Kier alpha value is -4.37. The quantitative estimate of drug-likeness (QED) is 0.376. The smallest absolute Gasteiger partial charge is 0.284 e. The first-order valence-corrected chi connectivity index (χ1v) is 11.0. The molecule has 3 aromatic heterocycles. The molecule has 0 saturated heterocycles. The fourth-order valence-corrected chi connectivity index (χ4v) is 4.10. The minimum atomic E-state index is -0.702. The van der Waals surface area contributed by atoms with E-state index in [0.29, 0.717) is 27.7 Å². The Bertz CT molecular complexity index is 1640. The van der Waals surface area contributed by atoms with E-state index in [1.54, 1.807) is 61.2 Å². The second-order valence-electron chi connectivity index (χ2n) is 7.79. The average molecular weight is 492 g/mol. The molecule has 5 rings (SSSR count). The number of para-hydroxylation sites is 1. The molecule has 0 fully saturated rings. The molecular weight excluding hydrogens is 473 g/mol. The van der Waals surface area contributed by atoms with Crippen LogP contribution in [0.15, 0.2) is 77.9 Å². The Morgan fingerprint density at radius 1 is 1.09 bits per heavy atom. The number of benzene rings is 2. The van der Waals surface area contributed by atoms with Crippen molar-refractivity contribution >= 4 is 28.7 Å². The van der Waals surface area contributed by atoms with Crippen molar-refractivity contribution in [2.24, 2.45) is 7.05 Å². The average Bonchev–Trinajstić information content (AvgIpc) is 3.33. The number of aromatic nitrogens is 4. The van der Waals surface area contributed by atoms with E-state index in [2.05, 4.69) is 10.4 Å². The number of rotatable bonds is 5. The van der Waals surface area contributed by atoms with E-state index in [1.165, 1.54) is 27.5 Å². The van der Waals surface area contributed by atoms with Crippen LogP contribution in [-0.4, -0.2) is 24.9 Å². The van der Waals surface area contributed by atoms with Crippen LogP contribution in [-0.2, 0) is 7.05 Å². The van der Waals surface area contributed by atoms with E-state index in [-0.39, 0.29) is 17.0 Å². The van der Waals surface area contributed by atoms with Crippen LogP contribution in [0, 0.1) is 12.7 Å². The largest absolute Gasteiger partial charge is 0.452 e. The standard InChI is InChI=1S/C25H19ClFN5O3/c1-15-22(25(34)32(30(15)2)17-6-4-3-5-7-17)24(33)29-16-8-9-20(19(27)14-16)35-21-10-12-28-31-13-11-18(26)23(21)31/h3-14H,1-2H3,(H,29,33). The zero-order chi connectivity index (χ0) is 24.7. The lowest BCUT2D eigenvalue weighted by Gasteiger charge is -2.10. The third-order valence-electron chi connectivity index (χ3n) is 5.66. The third kappa shape index (κ3) is 3.95.